The average Bonchev–Trinajstić information content (AvgIpc) is 2.80. The molecule has 5 heteroatoms. The van der Waals surface area contributed by atoms with E-state index in [0.29, 0.717) is 0 Å². The second-order valence-electron chi connectivity index (χ2n) is 12.0. The third kappa shape index (κ3) is 5.84. The highest BCUT2D eigenvalue weighted by Gasteiger charge is 2.33. The molecular formula is C27H47N5. The normalized spacial score (nSPS) is 23.6. The summed E-state index contributed by atoms with van der Waals surface area (Å²) in [6, 6.07) is 5.39. The largest absolute Gasteiger partial charge is 0.354 e. The molecule has 1 aromatic heterocycles. The Kier molecular flexibility index (Phi) is 7.48. The quantitative estimate of drug-likeness (QED) is 0.680. The van der Waals surface area contributed by atoms with Crippen molar-refractivity contribution in [1.29, 1.82) is 0 Å². The van der Waals surface area contributed by atoms with Crippen molar-refractivity contribution in [3.63, 3.8) is 0 Å². The average molecular weight is 442 g/mol. The van der Waals surface area contributed by atoms with Crippen LogP contribution in [-0.2, 0) is 6.42 Å². The van der Waals surface area contributed by atoms with Gasteiger partial charge in [-0.05, 0) is 91.4 Å². The fraction of sp³-hybridized carbons (Fsp3) is 0.815. The van der Waals surface area contributed by atoms with Crippen molar-refractivity contribution in [1.82, 2.24) is 19.7 Å². The van der Waals surface area contributed by atoms with E-state index < -0.39 is 0 Å². The minimum atomic E-state index is 0.189. The molecule has 0 aromatic carbocycles. The first-order chi connectivity index (χ1) is 15.2. The first-order valence-corrected chi connectivity index (χ1v) is 13.2. The van der Waals surface area contributed by atoms with Crippen molar-refractivity contribution in [3.8, 4) is 0 Å². The summed E-state index contributed by atoms with van der Waals surface area (Å²) in [5.41, 5.74) is 1.82. The van der Waals surface area contributed by atoms with Gasteiger partial charge in [-0.2, -0.15) is 0 Å². The van der Waals surface area contributed by atoms with Crippen LogP contribution >= 0.6 is 0 Å². The number of rotatable bonds is 5. The Morgan fingerprint density at radius 1 is 0.781 bits per heavy atom. The first kappa shape index (κ1) is 24.0. The van der Waals surface area contributed by atoms with Gasteiger partial charge in [-0.25, -0.2) is 4.98 Å². The van der Waals surface area contributed by atoms with Gasteiger partial charge >= 0.3 is 0 Å². The molecule has 1 aromatic rings. The molecule has 0 N–H and O–H groups in total. The van der Waals surface area contributed by atoms with E-state index in [0.717, 1.165) is 44.5 Å². The minimum absolute atomic E-state index is 0.189. The molecule has 0 amide bonds. The van der Waals surface area contributed by atoms with Crippen LogP contribution in [0.1, 0.15) is 72.3 Å². The van der Waals surface area contributed by atoms with E-state index >= 15 is 0 Å². The van der Waals surface area contributed by atoms with E-state index in [1.807, 2.05) is 0 Å². The van der Waals surface area contributed by atoms with Crippen LogP contribution in [0.2, 0.25) is 0 Å². The summed E-state index contributed by atoms with van der Waals surface area (Å²) in [5, 5.41) is 0. The molecule has 0 radical (unpaired) electrons. The topological polar surface area (TPSA) is 25.9 Å². The zero-order valence-electron chi connectivity index (χ0n) is 21.4. The molecule has 3 aliphatic rings. The van der Waals surface area contributed by atoms with Crippen LogP contribution < -0.4 is 4.90 Å². The molecule has 32 heavy (non-hydrogen) atoms. The van der Waals surface area contributed by atoms with Crippen molar-refractivity contribution < 1.29 is 0 Å². The highest BCUT2D eigenvalue weighted by Crippen LogP contribution is 2.28. The van der Waals surface area contributed by atoms with Crippen LogP contribution in [0, 0.1) is 0 Å². The lowest BCUT2D eigenvalue weighted by molar-refractivity contribution is 0.0414. The van der Waals surface area contributed by atoms with Gasteiger partial charge in [0.15, 0.2) is 0 Å². The Bertz CT molecular complexity index is 701. The van der Waals surface area contributed by atoms with E-state index in [2.05, 4.69) is 72.5 Å². The maximum Gasteiger partial charge on any atom is 0.128 e. The van der Waals surface area contributed by atoms with Gasteiger partial charge in [0.2, 0.25) is 0 Å². The third-order valence-electron chi connectivity index (χ3n) is 8.23. The number of anilines is 1. The number of hydrogen-bond acceptors (Lipinski definition) is 5. The number of piperazine rings is 1. The van der Waals surface area contributed by atoms with Gasteiger partial charge in [0, 0.05) is 62.6 Å². The lowest BCUT2D eigenvalue weighted by atomic mass is 9.90. The number of likely N-dealkylation sites (tertiary alicyclic amines) is 2. The Labute approximate surface area is 197 Å². The van der Waals surface area contributed by atoms with Gasteiger partial charge in [0.05, 0.1) is 0 Å². The fourth-order valence-corrected chi connectivity index (χ4v) is 6.05. The number of piperidine rings is 2. The monoisotopic (exact) mass is 441 g/mol. The van der Waals surface area contributed by atoms with E-state index in [9.17, 15) is 0 Å². The van der Waals surface area contributed by atoms with Crippen LogP contribution in [0.25, 0.3) is 0 Å². The molecule has 4 heterocycles. The van der Waals surface area contributed by atoms with Crippen LogP contribution in [0.4, 0.5) is 5.82 Å². The summed E-state index contributed by atoms with van der Waals surface area (Å²) in [7, 11) is 0. The van der Waals surface area contributed by atoms with Gasteiger partial charge in [0.25, 0.3) is 0 Å². The molecule has 5 nitrogen and oxygen atoms in total. The number of nitrogens with zero attached hydrogens (tertiary/aromatic N) is 5. The Morgan fingerprint density at radius 3 is 2.00 bits per heavy atom. The molecule has 0 atom stereocenters. The standard InChI is InChI=1S/C27H47N5/c1-26(2,3)31-19-17-30(18-20-31)25-10-9-23(22-28-25)21-27(4,5)32-15-11-24(12-16-32)29-13-7-6-8-14-29/h9-10,22,24H,6-8,11-21H2,1-5H3. The zero-order valence-corrected chi connectivity index (χ0v) is 21.4. The second-order valence-corrected chi connectivity index (χ2v) is 12.0. The van der Waals surface area contributed by atoms with Crippen LogP contribution in [0.5, 0.6) is 0 Å². The van der Waals surface area contributed by atoms with E-state index in [1.54, 1.807) is 0 Å². The van der Waals surface area contributed by atoms with Gasteiger partial charge in [0.1, 0.15) is 5.82 Å². The lowest BCUT2D eigenvalue weighted by Crippen LogP contribution is -2.53. The van der Waals surface area contributed by atoms with E-state index in [-0.39, 0.29) is 11.1 Å². The maximum absolute atomic E-state index is 4.87. The zero-order chi connectivity index (χ0) is 22.8. The molecule has 4 rings (SSSR count). The molecule has 0 aliphatic carbocycles. The summed E-state index contributed by atoms with van der Waals surface area (Å²) in [5.74, 6) is 1.14. The second kappa shape index (κ2) is 9.99. The molecule has 3 fully saturated rings. The van der Waals surface area contributed by atoms with E-state index in [1.165, 1.54) is 63.8 Å². The summed E-state index contributed by atoms with van der Waals surface area (Å²) in [6.07, 6.45) is 10.1. The SMILES string of the molecule is CC(C)(C)N1CCN(c2ccc(CC(C)(C)N3CCC(N4CCCCC4)CC3)cn2)CC1. The molecule has 3 saturated heterocycles. The Morgan fingerprint density at radius 2 is 1.44 bits per heavy atom. The number of hydrogen-bond donors (Lipinski definition) is 0. The predicted molar refractivity (Wildman–Crippen MR) is 136 cm³/mol. The summed E-state index contributed by atoms with van der Waals surface area (Å²) < 4.78 is 0. The first-order valence-electron chi connectivity index (χ1n) is 13.2. The van der Waals surface area contributed by atoms with Gasteiger partial charge in [-0.15, -0.1) is 0 Å². The molecule has 0 saturated carbocycles. The lowest BCUT2D eigenvalue weighted by Gasteiger charge is -2.46. The van der Waals surface area contributed by atoms with Crippen molar-refractivity contribution in [2.24, 2.45) is 0 Å². The summed E-state index contributed by atoms with van der Waals surface area (Å²) in [4.78, 5) is 15.4. The number of aromatic nitrogens is 1. The van der Waals surface area contributed by atoms with E-state index in [4.69, 9.17) is 4.98 Å². The minimum Gasteiger partial charge on any atom is -0.354 e. The molecular weight excluding hydrogens is 394 g/mol. The molecule has 180 valence electrons. The summed E-state index contributed by atoms with van der Waals surface area (Å²) >= 11 is 0. The third-order valence-corrected chi connectivity index (χ3v) is 8.23. The van der Waals surface area contributed by atoms with Crippen LogP contribution in [0.15, 0.2) is 18.3 Å². The highest BCUT2D eigenvalue weighted by atomic mass is 15.3. The molecule has 3 aliphatic heterocycles. The van der Waals surface area contributed by atoms with Crippen LogP contribution in [0.3, 0.4) is 0 Å². The smallest absolute Gasteiger partial charge is 0.128 e. The predicted octanol–water partition coefficient (Wildman–Crippen LogP) is 4.27. The molecule has 0 unspecified atom stereocenters. The maximum atomic E-state index is 4.87. The summed E-state index contributed by atoms with van der Waals surface area (Å²) in [6.45, 7) is 21.3. The van der Waals surface area contributed by atoms with Crippen molar-refractivity contribution in [3.05, 3.63) is 23.9 Å². The Balaban J connectivity index is 1.27. The molecule has 0 bridgehead atoms. The van der Waals surface area contributed by atoms with Crippen molar-refractivity contribution in [2.75, 3.05) is 57.3 Å². The van der Waals surface area contributed by atoms with Crippen molar-refractivity contribution in [2.45, 2.75) is 90.3 Å². The fourth-order valence-electron chi connectivity index (χ4n) is 6.05. The Hall–Kier alpha value is -1.17. The van der Waals surface area contributed by atoms with Crippen molar-refractivity contribution >= 4 is 5.82 Å². The molecule has 0 spiro atoms. The van der Waals surface area contributed by atoms with Gasteiger partial charge in [-0.3, -0.25) is 9.80 Å². The number of pyridine rings is 1. The van der Waals surface area contributed by atoms with Crippen LogP contribution in [-0.4, -0.2) is 89.2 Å². The highest BCUT2D eigenvalue weighted by molar-refractivity contribution is 5.40. The van der Waals surface area contributed by atoms with Gasteiger partial charge < -0.3 is 9.80 Å². The van der Waals surface area contributed by atoms with Gasteiger partial charge in [-0.1, -0.05) is 12.5 Å².